The number of nitrogens with zero attached hydrogens (tertiary/aromatic N) is 5. The van der Waals surface area contributed by atoms with Gasteiger partial charge in [0, 0.05) is 26.1 Å². The number of hydrazone groups is 1. The van der Waals surface area contributed by atoms with Crippen LogP contribution in [-0.4, -0.2) is 68.0 Å². The number of ether oxygens (including phenoxy) is 1. The molecule has 1 unspecified atom stereocenters. The maximum absolute atomic E-state index is 14.8. The van der Waals surface area contributed by atoms with Crippen molar-refractivity contribution in [2.75, 3.05) is 36.0 Å². The van der Waals surface area contributed by atoms with Crippen molar-refractivity contribution < 1.29 is 18.7 Å². The summed E-state index contributed by atoms with van der Waals surface area (Å²) in [6, 6.07) is 4.62. The van der Waals surface area contributed by atoms with Gasteiger partial charge in [-0.2, -0.15) is 5.10 Å². The maximum atomic E-state index is 14.8. The van der Waals surface area contributed by atoms with E-state index in [0.717, 1.165) is 6.42 Å². The average Bonchev–Trinajstić information content (AvgIpc) is 3.13. The number of hydrogen-bond acceptors (Lipinski definition) is 7. The van der Waals surface area contributed by atoms with E-state index < -0.39 is 18.0 Å². The van der Waals surface area contributed by atoms with Crippen LogP contribution in [0.25, 0.3) is 0 Å². The lowest BCUT2D eigenvalue weighted by Crippen LogP contribution is -2.42. The molecular weight excluding hydrogens is 391 g/mol. The molecule has 10 heteroatoms. The van der Waals surface area contributed by atoms with E-state index in [2.05, 4.69) is 15.4 Å². The van der Waals surface area contributed by atoms with Crippen LogP contribution >= 0.6 is 0 Å². The number of cyclic esters (lactones) is 1. The van der Waals surface area contributed by atoms with Crippen LogP contribution in [-0.2, 0) is 9.53 Å². The minimum absolute atomic E-state index is 0.0211. The molecule has 30 heavy (non-hydrogen) atoms. The summed E-state index contributed by atoms with van der Waals surface area (Å²) >= 11 is 0. The van der Waals surface area contributed by atoms with Gasteiger partial charge in [0.25, 0.3) is 0 Å². The van der Waals surface area contributed by atoms with E-state index in [4.69, 9.17) is 4.74 Å². The largest absolute Gasteiger partial charge is 0.442 e. The standard InChI is InChI=1S/C20H23FN6O3/c1-14(28)23-11-16-12-26(20(29)30-16)15-5-6-18(17(21)10-15)25-8-9-27(24-13-25)19-4-2-3-7-22-19/h2-3,5-7,10,13,16,19H,4,8-9,11-12H2,1H3,(H,23,28)/t16-,19?/m0/s1. The molecule has 1 fully saturated rings. The molecule has 9 nitrogen and oxygen atoms in total. The predicted octanol–water partition coefficient (Wildman–Crippen LogP) is 1.71. The zero-order valence-electron chi connectivity index (χ0n) is 16.6. The van der Waals surface area contributed by atoms with Crippen molar-refractivity contribution in [2.45, 2.75) is 25.6 Å². The fraction of sp³-hybridized carbons (Fsp3) is 0.400. The minimum Gasteiger partial charge on any atom is -0.442 e. The van der Waals surface area contributed by atoms with E-state index in [9.17, 15) is 14.0 Å². The Balaban J connectivity index is 1.41. The number of aliphatic imine (C=N–C) groups is 1. The highest BCUT2D eigenvalue weighted by Gasteiger charge is 2.33. The Bertz CT molecular complexity index is 918. The molecule has 3 aliphatic heterocycles. The molecule has 158 valence electrons. The van der Waals surface area contributed by atoms with Gasteiger partial charge in [0.15, 0.2) is 0 Å². The topological polar surface area (TPSA) is 89.8 Å². The molecule has 3 heterocycles. The SMILES string of the molecule is CC(=O)NC[C@H]1CN(c2ccc(N3C=NN(C4CC=CC=N4)CC3)c(F)c2)C(=O)O1. The number of carbonyl (C=O) groups excluding carboxylic acids is 2. The zero-order chi connectivity index (χ0) is 21.1. The highest BCUT2D eigenvalue weighted by molar-refractivity contribution is 5.90. The first kappa shape index (κ1) is 19.9. The lowest BCUT2D eigenvalue weighted by atomic mass is 10.2. The first-order valence-corrected chi connectivity index (χ1v) is 9.79. The number of benzene rings is 1. The second kappa shape index (κ2) is 8.52. The van der Waals surface area contributed by atoms with Gasteiger partial charge in [-0.25, -0.2) is 9.18 Å². The molecule has 0 saturated carbocycles. The monoisotopic (exact) mass is 414 g/mol. The van der Waals surface area contributed by atoms with E-state index in [1.807, 2.05) is 17.2 Å². The van der Waals surface area contributed by atoms with Crippen LogP contribution in [0, 0.1) is 5.82 Å². The number of amides is 2. The third-order valence-corrected chi connectivity index (χ3v) is 5.09. The highest BCUT2D eigenvalue weighted by Crippen LogP contribution is 2.28. The number of dihydropyridines is 1. The van der Waals surface area contributed by atoms with E-state index in [-0.39, 0.29) is 25.2 Å². The Morgan fingerprint density at radius 1 is 1.37 bits per heavy atom. The van der Waals surface area contributed by atoms with Crippen molar-refractivity contribution in [3.8, 4) is 0 Å². The molecule has 0 aromatic heterocycles. The molecule has 1 N–H and O–H groups in total. The minimum atomic E-state index is -0.560. The molecule has 2 amide bonds. The van der Waals surface area contributed by atoms with Crippen LogP contribution in [0.1, 0.15) is 13.3 Å². The summed E-state index contributed by atoms with van der Waals surface area (Å²) in [6.45, 7) is 3.05. The molecule has 4 rings (SSSR count). The van der Waals surface area contributed by atoms with Gasteiger partial charge in [-0.05, 0) is 24.3 Å². The number of rotatable bonds is 5. The summed E-state index contributed by atoms with van der Waals surface area (Å²) in [5, 5.41) is 8.91. The smallest absolute Gasteiger partial charge is 0.414 e. The third kappa shape index (κ3) is 4.27. The fourth-order valence-corrected chi connectivity index (χ4v) is 3.53. The molecule has 0 spiro atoms. The Kier molecular flexibility index (Phi) is 5.64. The molecule has 1 saturated heterocycles. The Morgan fingerprint density at radius 2 is 2.23 bits per heavy atom. The summed E-state index contributed by atoms with van der Waals surface area (Å²) in [4.78, 5) is 30.7. The molecule has 0 radical (unpaired) electrons. The Hall–Kier alpha value is -3.43. The number of nitrogens with one attached hydrogen (secondary N) is 1. The quantitative estimate of drug-likeness (QED) is 0.792. The van der Waals surface area contributed by atoms with Gasteiger partial charge in [-0.15, -0.1) is 0 Å². The van der Waals surface area contributed by atoms with Crippen LogP contribution in [0.5, 0.6) is 0 Å². The average molecular weight is 414 g/mol. The zero-order valence-corrected chi connectivity index (χ0v) is 16.6. The van der Waals surface area contributed by atoms with Gasteiger partial charge >= 0.3 is 6.09 Å². The first-order chi connectivity index (χ1) is 14.5. The third-order valence-electron chi connectivity index (χ3n) is 5.09. The Labute approximate surface area is 173 Å². The first-order valence-electron chi connectivity index (χ1n) is 9.79. The van der Waals surface area contributed by atoms with Gasteiger partial charge in [0.2, 0.25) is 5.91 Å². The van der Waals surface area contributed by atoms with Crippen LogP contribution < -0.4 is 15.1 Å². The molecule has 0 bridgehead atoms. The number of anilines is 2. The van der Waals surface area contributed by atoms with E-state index >= 15 is 0 Å². The van der Waals surface area contributed by atoms with Gasteiger partial charge in [0.05, 0.1) is 31.0 Å². The number of halogens is 1. The molecule has 3 aliphatic rings. The van der Waals surface area contributed by atoms with Crippen molar-refractivity contribution >= 4 is 35.9 Å². The van der Waals surface area contributed by atoms with Crippen LogP contribution in [0.2, 0.25) is 0 Å². The van der Waals surface area contributed by atoms with Crippen molar-refractivity contribution in [1.82, 2.24) is 10.3 Å². The maximum Gasteiger partial charge on any atom is 0.414 e. The number of allylic oxidation sites excluding steroid dienone is 1. The van der Waals surface area contributed by atoms with E-state index in [1.165, 1.54) is 17.9 Å². The summed E-state index contributed by atoms with van der Waals surface area (Å²) in [5.41, 5.74) is 0.794. The summed E-state index contributed by atoms with van der Waals surface area (Å²) in [5.74, 6) is -0.655. The normalized spacial score (nSPS) is 23.1. The van der Waals surface area contributed by atoms with Crippen molar-refractivity contribution in [3.05, 3.63) is 36.2 Å². The molecular formula is C20H23FN6O3. The van der Waals surface area contributed by atoms with Gasteiger partial charge in [-0.3, -0.25) is 19.7 Å². The molecule has 0 aliphatic carbocycles. The lowest BCUT2D eigenvalue weighted by Gasteiger charge is -2.33. The second-order valence-corrected chi connectivity index (χ2v) is 7.22. The second-order valence-electron chi connectivity index (χ2n) is 7.22. The molecule has 1 aromatic rings. The summed E-state index contributed by atoms with van der Waals surface area (Å²) < 4.78 is 20.1. The van der Waals surface area contributed by atoms with E-state index in [0.29, 0.717) is 24.5 Å². The van der Waals surface area contributed by atoms with Gasteiger partial charge in [0.1, 0.15) is 24.4 Å². The van der Waals surface area contributed by atoms with Crippen LogP contribution in [0.3, 0.4) is 0 Å². The summed E-state index contributed by atoms with van der Waals surface area (Å²) in [7, 11) is 0. The van der Waals surface area contributed by atoms with Crippen molar-refractivity contribution in [3.63, 3.8) is 0 Å². The van der Waals surface area contributed by atoms with Crippen LogP contribution in [0.15, 0.2) is 40.4 Å². The lowest BCUT2D eigenvalue weighted by molar-refractivity contribution is -0.119. The number of hydrogen-bond donors (Lipinski definition) is 1. The Morgan fingerprint density at radius 3 is 2.90 bits per heavy atom. The van der Waals surface area contributed by atoms with Gasteiger partial charge < -0.3 is 15.0 Å². The van der Waals surface area contributed by atoms with Crippen molar-refractivity contribution in [2.24, 2.45) is 10.1 Å². The fourth-order valence-electron chi connectivity index (χ4n) is 3.53. The summed E-state index contributed by atoms with van der Waals surface area (Å²) in [6.07, 6.45) is 7.06. The predicted molar refractivity (Wildman–Crippen MR) is 111 cm³/mol. The molecule has 2 atom stereocenters. The molecule has 1 aromatic carbocycles. The van der Waals surface area contributed by atoms with E-state index in [1.54, 1.807) is 29.6 Å². The van der Waals surface area contributed by atoms with Crippen LogP contribution in [0.4, 0.5) is 20.6 Å². The highest BCUT2D eigenvalue weighted by atomic mass is 19.1. The van der Waals surface area contributed by atoms with Gasteiger partial charge in [-0.1, -0.05) is 6.08 Å². The number of carbonyl (C=O) groups is 2. The van der Waals surface area contributed by atoms with Crippen molar-refractivity contribution in [1.29, 1.82) is 0 Å².